The van der Waals surface area contributed by atoms with Crippen molar-refractivity contribution in [1.82, 2.24) is 0 Å². The molecule has 1 nitrogen and oxygen atoms in total. The van der Waals surface area contributed by atoms with E-state index in [1.165, 1.54) is 19.3 Å². The predicted octanol–water partition coefficient (Wildman–Crippen LogP) is 2.25. The quantitative estimate of drug-likeness (QED) is 0.459. The Balaban J connectivity index is 3.11. The highest BCUT2D eigenvalue weighted by molar-refractivity contribution is 5.02. The highest BCUT2D eigenvalue weighted by atomic mass is 14.5. The van der Waals surface area contributed by atoms with E-state index >= 15 is 0 Å². The number of hydrogen-bond donors (Lipinski definition) is 1. The zero-order chi connectivity index (χ0) is 7.66. The van der Waals surface area contributed by atoms with Crippen molar-refractivity contribution in [3.63, 3.8) is 0 Å². The van der Waals surface area contributed by atoms with Gasteiger partial charge < -0.3 is 5.73 Å². The maximum absolute atomic E-state index is 5.25. The second kappa shape index (κ2) is 8.44. The molecule has 0 rings (SSSR count). The molecule has 0 atom stereocenters. The van der Waals surface area contributed by atoms with Gasteiger partial charge in [0.1, 0.15) is 0 Å². The number of hydrogen-bond acceptors (Lipinski definition) is 1. The minimum absolute atomic E-state index is 0.637. The number of rotatable bonds is 5. The monoisotopic (exact) mass is 139 g/mol. The molecule has 0 aliphatic carbocycles. The maximum atomic E-state index is 5.25. The van der Waals surface area contributed by atoms with E-state index in [9.17, 15) is 0 Å². The summed E-state index contributed by atoms with van der Waals surface area (Å²) in [6, 6.07) is 0. The van der Waals surface area contributed by atoms with Crippen LogP contribution in [0.15, 0.2) is 24.3 Å². The standard InChI is InChI=1S/C9H17N/c1-2-3-4-5-6-7-8-9-10/h5-8H,2-4,9-10H2,1H3. The molecule has 0 fully saturated rings. The lowest BCUT2D eigenvalue weighted by atomic mass is 10.2. The molecule has 10 heavy (non-hydrogen) atoms. The molecule has 0 aliphatic heterocycles. The van der Waals surface area contributed by atoms with E-state index in [0.717, 1.165) is 0 Å². The SMILES string of the molecule is CCCCC=CC=CCN. The third-order valence-electron chi connectivity index (χ3n) is 1.24. The van der Waals surface area contributed by atoms with Crippen LogP contribution >= 0.6 is 0 Å². The molecule has 0 heterocycles. The van der Waals surface area contributed by atoms with E-state index < -0.39 is 0 Å². The molecule has 0 aliphatic rings. The van der Waals surface area contributed by atoms with Crippen molar-refractivity contribution in [1.29, 1.82) is 0 Å². The van der Waals surface area contributed by atoms with Gasteiger partial charge in [-0.25, -0.2) is 0 Å². The molecule has 0 aromatic rings. The molecule has 0 saturated carbocycles. The largest absolute Gasteiger partial charge is 0.327 e. The van der Waals surface area contributed by atoms with Crippen LogP contribution in [0.4, 0.5) is 0 Å². The Morgan fingerprint density at radius 3 is 2.50 bits per heavy atom. The van der Waals surface area contributed by atoms with Crippen LogP contribution in [0.3, 0.4) is 0 Å². The summed E-state index contributed by atoms with van der Waals surface area (Å²) in [6.07, 6.45) is 11.9. The zero-order valence-electron chi connectivity index (χ0n) is 6.72. The van der Waals surface area contributed by atoms with Crippen LogP contribution in [-0.4, -0.2) is 6.54 Å². The molecule has 0 amide bonds. The van der Waals surface area contributed by atoms with Gasteiger partial charge in [-0.05, 0) is 6.42 Å². The Labute approximate surface area is 63.6 Å². The fourth-order valence-corrected chi connectivity index (χ4v) is 0.654. The van der Waals surface area contributed by atoms with E-state index in [1.807, 2.05) is 12.2 Å². The topological polar surface area (TPSA) is 26.0 Å². The van der Waals surface area contributed by atoms with Crippen molar-refractivity contribution < 1.29 is 0 Å². The Morgan fingerprint density at radius 1 is 1.20 bits per heavy atom. The van der Waals surface area contributed by atoms with Gasteiger partial charge in [0, 0.05) is 6.54 Å². The smallest absolute Gasteiger partial charge is 0.0109 e. The van der Waals surface area contributed by atoms with E-state index in [4.69, 9.17) is 5.73 Å². The summed E-state index contributed by atoms with van der Waals surface area (Å²) in [7, 11) is 0. The Bertz CT molecular complexity index is 103. The molecule has 0 aromatic heterocycles. The average molecular weight is 139 g/mol. The van der Waals surface area contributed by atoms with E-state index in [2.05, 4.69) is 19.1 Å². The second-order valence-electron chi connectivity index (χ2n) is 2.23. The lowest BCUT2D eigenvalue weighted by Crippen LogP contribution is -1.91. The summed E-state index contributed by atoms with van der Waals surface area (Å²) in [6.45, 7) is 2.84. The molecule has 0 spiro atoms. The van der Waals surface area contributed by atoms with E-state index in [-0.39, 0.29) is 0 Å². The first-order valence-corrected chi connectivity index (χ1v) is 3.93. The molecule has 0 radical (unpaired) electrons. The number of allylic oxidation sites excluding steroid dienone is 3. The summed E-state index contributed by atoms with van der Waals surface area (Å²) in [5.41, 5.74) is 5.25. The lowest BCUT2D eigenvalue weighted by Gasteiger charge is -1.85. The van der Waals surface area contributed by atoms with Gasteiger partial charge in [-0.2, -0.15) is 0 Å². The molecule has 0 bridgehead atoms. The maximum Gasteiger partial charge on any atom is 0.0109 e. The van der Waals surface area contributed by atoms with Gasteiger partial charge in [0.05, 0.1) is 0 Å². The average Bonchev–Trinajstić information content (AvgIpc) is 1.97. The van der Waals surface area contributed by atoms with Crippen molar-refractivity contribution in [2.24, 2.45) is 5.73 Å². The van der Waals surface area contributed by atoms with Crippen molar-refractivity contribution in [2.75, 3.05) is 6.54 Å². The molecule has 1 heteroatoms. The molecule has 0 unspecified atom stereocenters. The molecule has 2 N–H and O–H groups in total. The van der Waals surface area contributed by atoms with Crippen LogP contribution in [0.25, 0.3) is 0 Å². The summed E-state index contributed by atoms with van der Waals surface area (Å²) in [4.78, 5) is 0. The van der Waals surface area contributed by atoms with Gasteiger partial charge in [-0.1, -0.05) is 44.1 Å². The molecule has 0 saturated heterocycles. The molecule has 58 valence electrons. The fourth-order valence-electron chi connectivity index (χ4n) is 0.654. The zero-order valence-corrected chi connectivity index (χ0v) is 6.72. The van der Waals surface area contributed by atoms with Crippen molar-refractivity contribution in [2.45, 2.75) is 26.2 Å². The van der Waals surface area contributed by atoms with Crippen LogP contribution < -0.4 is 5.73 Å². The van der Waals surface area contributed by atoms with Crippen molar-refractivity contribution in [3.05, 3.63) is 24.3 Å². The first-order chi connectivity index (χ1) is 4.91. The van der Waals surface area contributed by atoms with Gasteiger partial charge in [0.15, 0.2) is 0 Å². The Kier molecular flexibility index (Phi) is 7.97. The van der Waals surface area contributed by atoms with Crippen LogP contribution in [-0.2, 0) is 0 Å². The second-order valence-corrected chi connectivity index (χ2v) is 2.23. The molecular formula is C9H17N. The first-order valence-electron chi connectivity index (χ1n) is 3.93. The third kappa shape index (κ3) is 7.44. The van der Waals surface area contributed by atoms with Crippen LogP contribution in [0.5, 0.6) is 0 Å². The lowest BCUT2D eigenvalue weighted by molar-refractivity contribution is 0.815. The van der Waals surface area contributed by atoms with Crippen molar-refractivity contribution in [3.8, 4) is 0 Å². The molecular weight excluding hydrogens is 122 g/mol. The van der Waals surface area contributed by atoms with Crippen molar-refractivity contribution >= 4 is 0 Å². The van der Waals surface area contributed by atoms with Crippen LogP contribution in [0, 0.1) is 0 Å². The van der Waals surface area contributed by atoms with Gasteiger partial charge in [-0.3, -0.25) is 0 Å². The normalized spacial score (nSPS) is 11.8. The van der Waals surface area contributed by atoms with Gasteiger partial charge in [0.2, 0.25) is 0 Å². The van der Waals surface area contributed by atoms with Gasteiger partial charge >= 0.3 is 0 Å². The Hall–Kier alpha value is -0.560. The first kappa shape index (κ1) is 9.44. The molecule has 0 aromatic carbocycles. The Morgan fingerprint density at radius 2 is 1.90 bits per heavy atom. The van der Waals surface area contributed by atoms with E-state index in [0.29, 0.717) is 6.54 Å². The summed E-state index contributed by atoms with van der Waals surface area (Å²) in [5.74, 6) is 0. The summed E-state index contributed by atoms with van der Waals surface area (Å²) in [5, 5.41) is 0. The third-order valence-corrected chi connectivity index (χ3v) is 1.24. The van der Waals surface area contributed by atoms with Gasteiger partial charge in [0.25, 0.3) is 0 Å². The highest BCUT2D eigenvalue weighted by Gasteiger charge is 1.74. The number of unbranched alkanes of at least 4 members (excludes halogenated alkanes) is 2. The van der Waals surface area contributed by atoms with Gasteiger partial charge in [-0.15, -0.1) is 0 Å². The highest BCUT2D eigenvalue weighted by Crippen LogP contribution is 1.94. The predicted molar refractivity (Wildman–Crippen MR) is 46.9 cm³/mol. The number of nitrogens with two attached hydrogens (primary N) is 1. The van der Waals surface area contributed by atoms with Crippen LogP contribution in [0.1, 0.15) is 26.2 Å². The van der Waals surface area contributed by atoms with Crippen LogP contribution in [0.2, 0.25) is 0 Å². The summed E-state index contributed by atoms with van der Waals surface area (Å²) < 4.78 is 0. The fraction of sp³-hybridized carbons (Fsp3) is 0.556. The summed E-state index contributed by atoms with van der Waals surface area (Å²) >= 11 is 0. The minimum Gasteiger partial charge on any atom is -0.327 e. The minimum atomic E-state index is 0.637. The van der Waals surface area contributed by atoms with E-state index in [1.54, 1.807) is 0 Å².